The van der Waals surface area contributed by atoms with Crippen molar-refractivity contribution >= 4 is 28.3 Å². The van der Waals surface area contributed by atoms with Gasteiger partial charge < -0.3 is 14.0 Å². The van der Waals surface area contributed by atoms with Crippen LogP contribution in [0.4, 0.5) is 13.2 Å². The average Bonchev–Trinajstić information content (AvgIpc) is 3.10. The fourth-order valence-electron chi connectivity index (χ4n) is 3.97. The molecule has 4 nitrogen and oxygen atoms in total. The lowest BCUT2D eigenvalue weighted by molar-refractivity contribution is -0.274. The van der Waals surface area contributed by atoms with Crippen LogP contribution in [-0.2, 0) is 11.3 Å². The van der Waals surface area contributed by atoms with Gasteiger partial charge in [-0.1, -0.05) is 23.3 Å². The van der Waals surface area contributed by atoms with Crippen LogP contribution in [0, 0.1) is 6.92 Å². The number of nitrogens with zero attached hydrogens (tertiary/aromatic N) is 1. The molecule has 0 aliphatic heterocycles. The van der Waals surface area contributed by atoms with Crippen LogP contribution in [-0.4, -0.2) is 22.8 Å². The van der Waals surface area contributed by atoms with Crippen LogP contribution in [0.3, 0.4) is 0 Å². The maximum absolute atomic E-state index is 13.5. The Morgan fingerprint density at radius 1 is 1.16 bits per heavy atom. The molecule has 0 N–H and O–H groups in total. The highest BCUT2D eigenvalue weighted by molar-refractivity contribution is 6.30. The first-order valence-corrected chi connectivity index (χ1v) is 12.4. The van der Waals surface area contributed by atoms with E-state index in [4.69, 9.17) is 16.3 Å². The number of halogens is 4. The van der Waals surface area contributed by atoms with Gasteiger partial charge in [0, 0.05) is 40.4 Å². The van der Waals surface area contributed by atoms with E-state index < -0.39 is 6.36 Å². The topological polar surface area (TPSA) is 40.5 Å². The monoisotopic (exact) mass is 543 g/mol. The molecule has 0 unspecified atom stereocenters. The lowest BCUT2D eigenvalue weighted by Crippen LogP contribution is -2.17. The number of aromatic nitrogens is 1. The molecular formula is C30H29ClF3NO3. The summed E-state index contributed by atoms with van der Waals surface area (Å²) < 4.78 is 50.4. The minimum absolute atomic E-state index is 0.0394. The third kappa shape index (κ3) is 7.44. The molecule has 0 bridgehead atoms. The minimum Gasteiger partial charge on any atom is -0.491 e. The second-order valence-electron chi connectivity index (χ2n) is 8.96. The Morgan fingerprint density at radius 3 is 2.45 bits per heavy atom. The molecule has 0 atom stereocenters. The first kappa shape index (κ1) is 28.9. The number of carbonyl (C=O) groups excluding carboxylic acids is 1. The van der Waals surface area contributed by atoms with E-state index in [0.717, 1.165) is 5.57 Å². The second kappa shape index (κ2) is 12.2. The average molecular weight is 544 g/mol. The van der Waals surface area contributed by atoms with Gasteiger partial charge in [0.05, 0.1) is 17.2 Å². The zero-order valence-corrected chi connectivity index (χ0v) is 22.6. The maximum Gasteiger partial charge on any atom is 0.573 e. The molecule has 1 aromatic heterocycles. The number of ketones is 1. The van der Waals surface area contributed by atoms with E-state index >= 15 is 0 Å². The van der Waals surface area contributed by atoms with Crippen LogP contribution in [0.15, 0.2) is 83.8 Å². The van der Waals surface area contributed by atoms with E-state index in [2.05, 4.69) is 10.5 Å². The van der Waals surface area contributed by atoms with Crippen LogP contribution >= 0.6 is 11.6 Å². The molecule has 0 spiro atoms. The molecule has 0 radical (unpaired) electrons. The van der Waals surface area contributed by atoms with Gasteiger partial charge in [-0.15, -0.1) is 18.9 Å². The fraction of sp³-hybridized carbons (Fsp3) is 0.267. The van der Waals surface area contributed by atoms with Gasteiger partial charge in [0.15, 0.2) is 5.78 Å². The minimum atomic E-state index is -4.83. The summed E-state index contributed by atoms with van der Waals surface area (Å²) in [5.74, 6) is 0.0840. The van der Waals surface area contributed by atoms with Crippen molar-refractivity contribution in [3.63, 3.8) is 0 Å². The van der Waals surface area contributed by atoms with Gasteiger partial charge in [-0.3, -0.25) is 4.79 Å². The first-order valence-electron chi connectivity index (χ1n) is 12.0. The highest BCUT2D eigenvalue weighted by Crippen LogP contribution is 2.33. The number of benzene rings is 2. The molecule has 200 valence electrons. The molecule has 0 aliphatic rings. The van der Waals surface area contributed by atoms with Crippen molar-refractivity contribution < 1.29 is 27.4 Å². The Hall–Kier alpha value is -3.67. The molecule has 0 fully saturated rings. The van der Waals surface area contributed by atoms with Crippen molar-refractivity contribution in [1.82, 2.24) is 4.57 Å². The number of hydrogen-bond donors (Lipinski definition) is 0. The Balaban J connectivity index is 2.04. The number of alkyl halides is 3. The lowest BCUT2D eigenvalue weighted by Gasteiger charge is -2.11. The Kier molecular flexibility index (Phi) is 9.31. The number of allylic oxidation sites excluding steroid dienone is 4. The van der Waals surface area contributed by atoms with Crippen molar-refractivity contribution in [3.8, 4) is 5.75 Å². The highest BCUT2D eigenvalue weighted by Gasteiger charge is 2.31. The van der Waals surface area contributed by atoms with Gasteiger partial charge >= 0.3 is 6.36 Å². The van der Waals surface area contributed by atoms with E-state index in [1.165, 1.54) is 18.2 Å². The summed E-state index contributed by atoms with van der Waals surface area (Å²) in [6.45, 7) is 9.75. The molecule has 8 heteroatoms. The number of fused-ring (bicyclic) bond motifs is 1. The molecule has 38 heavy (non-hydrogen) atoms. The van der Waals surface area contributed by atoms with E-state index in [9.17, 15) is 18.0 Å². The fourth-order valence-corrected chi connectivity index (χ4v) is 4.10. The molecule has 0 amide bonds. The predicted molar refractivity (Wildman–Crippen MR) is 145 cm³/mol. The smallest absolute Gasteiger partial charge is 0.491 e. The highest BCUT2D eigenvalue weighted by atomic mass is 35.5. The van der Waals surface area contributed by atoms with Crippen molar-refractivity contribution in [2.24, 2.45) is 0 Å². The SMILES string of the molecule is C/C=C(\C=C=C/C=C(\C)Cn1c(C)c(C(=O)c2ccc(Cl)cc2)c2ccc(OC(F)(F)F)cc21)OC(C)C. The van der Waals surface area contributed by atoms with Crippen LogP contribution < -0.4 is 4.74 Å². The van der Waals surface area contributed by atoms with Crippen LogP contribution in [0.1, 0.15) is 49.3 Å². The van der Waals surface area contributed by atoms with E-state index in [0.29, 0.717) is 45.1 Å². The van der Waals surface area contributed by atoms with E-state index in [1.807, 2.05) is 44.4 Å². The number of carbonyl (C=O) groups is 1. The van der Waals surface area contributed by atoms with E-state index in [-0.39, 0.29) is 17.6 Å². The van der Waals surface area contributed by atoms with Crippen molar-refractivity contribution in [2.75, 3.05) is 0 Å². The van der Waals surface area contributed by atoms with E-state index in [1.54, 1.807) is 43.3 Å². The Bertz CT molecular complexity index is 1440. The second-order valence-corrected chi connectivity index (χ2v) is 9.39. The predicted octanol–water partition coefficient (Wildman–Crippen LogP) is 8.72. The normalized spacial score (nSPS) is 12.5. The lowest BCUT2D eigenvalue weighted by atomic mass is 10.0. The van der Waals surface area contributed by atoms with Crippen molar-refractivity contribution in [1.29, 1.82) is 0 Å². The van der Waals surface area contributed by atoms with Gasteiger partial charge in [-0.25, -0.2) is 0 Å². The molecule has 0 saturated heterocycles. The summed E-state index contributed by atoms with van der Waals surface area (Å²) in [5, 5.41) is 1.03. The zero-order chi connectivity index (χ0) is 28.0. The summed E-state index contributed by atoms with van der Waals surface area (Å²) in [6, 6.07) is 10.5. The molecular weight excluding hydrogens is 515 g/mol. The number of rotatable bonds is 9. The summed E-state index contributed by atoms with van der Waals surface area (Å²) in [7, 11) is 0. The van der Waals surface area contributed by atoms with Gasteiger partial charge in [0.25, 0.3) is 0 Å². The third-order valence-electron chi connectivity index (χ3n) is 5.62. The third-order valence-corrected chi connectivity index (χ3v) is 5.87. The van der Waals surface area contributed by atoms with Gasteiger partial charge in [-0.05, 0) is 83.2 Å². The molecule has 3 aromatic rings. The molecule has 2 aromatic carbocycles. The molecule has 0 saturated carbocycles. The summed E-state index contributed by atoms with van der Waals surface area (Å²) in [5.41, 5.74) is 5.86. The van der Waals surface area contributed by atoms with Crippen LogP contribution in [0.5, 0.6) is 5.75 Å². The zero-order valence-electron chi connectivity index (χ0n) is 21.8. The van der Waals surface area contributed by atoms with Crippen LogP contribution in [0.25, 0.3) is 10.9 Å². The summed E-state index contributed by atoms with van der Waals surface area (Å²) in [4.78, 5) is 13.5. The standard InChI is InChI=1S/C30H29ClF3NO3/c1-6-24(37-19(2)3)10-8-7-9-20(4)18-35-21(5)28(29(36)22-11-13-23(31)14-12-22)26-16-15-25(17-27(26)35)38-30(32,33)34/h6-7,9-17,19H,18H2,1-5H3/b20-9+,24-6+. The van der Waals surface area contributed by atoms with Crippen molar-refractivity contribution in [3.05, 3.63) is 106 Å². The first-order chi connectivity index (χ1) is 17.9. The van der Waals surface area contributed by atoms with Crippen LogP contribution in [0.2, 0.25) is 5.02 Å². The largest absolute Gasteiger partial charge is 0.573 e. The Morgan fingerprint density at radius 2 is 1.84 bits per heavy atom. The maximum atomic E-state index is 13.5. The molecule has 0 aliphatic carbocycles. The molecule has 1 heterocycles. The summed E-state index contributed by atoms with van der Waals surface area (Å²) >= 11 is 5.97. The Labute approximate surface area is 225 Å². The molecule has 3 rings (SSSR count). The van der Waals surface area contributed by atoms with Gasteiger partial charge in [0.1, 0.15) is 11.5 Å². The number of ether oxygens (including phenoxy) is 2. The van der Waals surface area contributed by atoms with Gasteiger partial charge in [-0.2, -0.15) is 0 Å². The number of hydrogen-bond acceptors (Lipinski definition) is 3. The quantitative estimate of drug-likeness (QED) is 0.117. The van der Waals surface area contributed by atoms with Crippen molar-refractivity contribution in [2.45, 2.75) is 53.6 Å². The summed E-state index contributed by atoms with van der Waals surface area (Å²) in [6.07, 6.45) is 2.36. The van der Waals surface area contributed by atoms with Gasteiger partial charge in [0.2, 0.25) is 0 Å².